The standard InChI is InChI=1S/C21H27N3O2/c1-25-21-4-2-3-19(23-21)12-24-11-18(15-26-14-16-5-6-16)20(13-24)17-7-9-22-10-8-17/h2-4,7-10,16,18,20H,5-6,11-15H2,1H3/t18-,20-/m0/s1. The molecule has 2 aromatic rings. The van der Waals surface area contributed by atoms with E-state index in [0.29, 0.717) is 17.7 Å². The van der Waals surface area contributed by atoms with E-state index in [1.165, 1.54) is 18.4 Å². The third kappa shape index (κ3) is 4.40. The van der Waals surface area contributed by atoms with Crippen molar-refractivity contribution in [2.45, 2.75) is 25.3 Å². The molecule has 0 amide bonds. The summed E-state index contributed by atoms with van der Waals surface area (Å²) in [6.45, 7) is 4.68. The highest BCUT2D eigenvalue weighted by atomic mass is 16.5. The Labute approximate surface area is 155 Å². The lowest BCUT2D eigenvalue weighted by atomic mass is 9.90. The van der Waals surface area contributed by atoms with Crippen LogP contribution in [0.5, 0.6) is 5.88 Å². The van der Waals surface area contributed by atoms with Crippen LogP contribution in [0, 0.1) is 11.8 Å². The number of likely N-dealkylation sites (tertiary alicyclic amines) is 1. The Kier molecular flexibility index (Phi) is 5.46. The molecule has 0 radical (unpaired) electrons. The number of rotatable bonds is 8. The van der Waals surface area contributed by atoms with Gasteiger partial charge in [0.2, 0.25) is 5.88 Å². The minimum Gasteiger partial charge on any atom is -0.481 e. The van der Waals surface area contributed by atoms with E-state index >= 15 is 0 Å². The molecule has 138 valence electrons. The minimum absolute atomic E-state index is 0.489. The van der Waals surface area contributed by atoms with E-state index in [-0.39, 0.29) is 0 Å². The highest BCUT2D eigenvalue weighted by Gasteiger charge is 2.34. The first-order valence-electron chi connectivity index (χ1n) is 9.52. The molecule has 0 spiro atoms. The summed E-state index contributed by atoms with van der Waals surface area (Å²) in [7, 11) is 1.66. The van der Waals surface area contributed by atoms with Crippen LogP contribution in [-0.4, -0.2) is 48.3 Å². The fourth-order valence-electron chi connectivity index (χ4n) is 3.81. The molecule has 1 aliphatic carbocycles. The van der Waals surface area contributed by atoms with Gasteiger partial charge in [-0.1, -0.05) is 6.07 Å². The van der Waals surface area contributed by atoms with Gasteiger partial charge in [-0.3, -0.25) is 9.88 Å². The Morgan fingerprint density at radius 3 is 2.69 bits per heavy atom. The molecule has 0 unspecified atom stereocenters. The predicted octanol–water partition coefficient (Wildman–Crippen LogP) is 3.13. The molecule has 5 nitrogen and oxygen atoms in total. The summed E-state index contributed by atoms with van der Waals surface area (Å²) >= 11 is 0. The molecule has 26 heavy (non-hydrogen) atoms. The lowest BCUT2D eigenvalue weighted by molar-refractivity contribution is 0.0886. The molecule has 2 atom stereocenters. The fourth-order valence-corrected chi connectivity index (χ4v) is 3.81. The number of hydrogen-bond donors (Lipinski definition) is 0. The van der Waals surface area contributed by atoms with Crippen LogP contribution in [0.15, 0.2) is 42.7 Å². The topological polar surface area (TPSA) is 47.5 Å². The SMILES string of the molecule is COc1cccc(CN2C[C@@H](COCC3CC3)[C@H](c3ccncc3)C2)n1. The zero-order valence-electron chi connectivity index (χ0n) is 15.4. The lowest BCUT2D eigenvalue weighted by Gasteiger charge is -2.18. The number of methoxy groups -OCH3 is 1. The first kappa shape index (κ1) is 17.4. The Bertz CT molecular complexity index is 705. The van der Waals surface area contributed by atoms with E-state index in [9.17, 15) is 0 Å². The van der Waals surface area contributed by atoms with Gasteiger partial charge in [-0.2, -0.15) is 0 Å². The van der Waals surface area contributed by atoms with Gasteiger partial charge in [0.05, 0.1) is 19.4 Å². The van der Waals surface area contributed by atoms with Gasteiger partial charge in [-0.05, 0) is 42.5 Å². The largest absolute Gasteiger partial charge is 0.481 e. The summed E-state index contributed by atoms with van der Waals surface area (Å²) in [5.41, 5.74) is 2.42. The number of nitrogens with zero attached hydrogens (tertiary/aromatic N) is 3. The van der Waals surface area contributed by atoms with Crippen LogP contribution in [0.1, 0.15) is 30.0 Å². The van der Waals surface area contributed by atoms with Crippen molar-refractivity contribution in [3.05, 3.63) is 54.0 Å². The Morgan fingerprint density at radius 1 is 1.08 bits per heavy atom. The first-order valence-corrected chi connectivity index (χ1v) is 9.52. The first-order chi connectivity index (χ1) is 12.8. The third-order valence-electron chi connectivity index (χ3n) is 5.41. The quantitative estimate of drug-likeness (QED) is 0.730. The molecule has 2 aliphatic rings. The van der Waals surface area contributed by atoms with Crippen LogP contribution in [0.2, 0.25) is 0 Å². The molecule has 4 rings (SSSR count). The second-order valence-electron chi connectivity index (χ2n) is 7.49. The zero-order chi connectivity index (χ0) is 17.8. The second-order valence-corrected chi connectivity index (χ2v) is 7.49. The van der Waals surface area contributed by atoms with Crippen LogP contribution in [0.25, 0.3) is 0 Å². The van der Waals surface area contributed by atoms with Crippen molar-refractivity contribution in [1.82, 2.24) is 14.9 Å². The van der Waals surface area contributed by atoms with Gasteiger partial charge in [-0.15, -0.1) is 0 Å². The van der Waals surface area contributed by atoms with Gasteiger partial charge in [0.15, 0.2) is 0 Å². The maximum atomic E-state index is 6.05. The van der Waals surface area contributed by atoms with E-state index in [2.05, 4.69) is 33.1 Å². The molecule has 0 N–H and O–H groups in total. The van der Waals surface area contributed by atoms with Crippen molar-refractivity contribution in [3.63, 3.8) is 0 Å². The van der Waals surface area contributed by atoms with Gasteiger partial charge in [0, 0.05) is 56.5 Å². The van der Waals surface area contributed by atoms with Gasteiger partial charge in [-0.25, -0.2) is 4.98 Å². The summed E-state index contributed by atoms with van der Waals surface area (Å²) < 4.78 is 11.3. The highest BCUT2D eigenvalue weighted by Crippen LogP contribution is 2.34. The predicted molar refractivity (Wildman–Crippen MR) is 100 cm³/mol. The number of aromatic nitrogens is 2. The van der Waals surface area contributed by atoms with Crippen LogP contribution in [-0.2, 0) is 11.3 Å². The van der Waals surface area contributed by atoms with Crippen molar-refractivity contribution in [2.75, 3.05) is 33.4 Å². The summed E-state index contributed by atoms with van der Waals surface area (Å²) in [5, 5.41) is 0. The van der Waals surface area contributed by atoms with Crippen LogP contribution >= 0.6 is 0 Å². The number of ether oxygens (including phenoxy) is 2. The summed E-state index contributed by atoms with van der Waals surface area (Å²) in [5.74, 6) is 2.49. The average molecular weight is 353 g/mol. The monoisotopic (exact) mass is 353 g/mol. The fraction of sp³-hybridized carbons (Fsp3) is 0.524. The molecule has 0 bridgehead atoms. The molecule has 2 fully saturated rings. The van der Waals surface area contributed by atoms with Crippen molar-refractivity contribution >= 4 is 0 Å². The van der Waals surface area contributed by atoms with Gasteiger partial charge in [0.25, 0.3) is 0 Å². The molecular formula is C21H27N3O2. The normalized spacial score (nSPS) is 23.3. The smallest absolute Gasteiger partial charge is 0.213 e. The molecule has 1 saturated carbocycles. The van der Waals surface area contributed by atoms with Crippen molar-refractivity contribution in [3.8, 4) is 5.88 Å². The van der Waals surface area contributed by atoms with E-state index in [0.717, 1.165) is 44.5 Å². The molecule has 3 heterocycles. The van der Waals surface area contributed by atoms with Crippen LogP contribution < -0.4 is 4.74 Å². The zero-order valence-corrected chi connectivity index (χ0v) is 15.4. The van der Waals surface area contributed by atoms with Crippen LogP contribution in [0.3, 0.4) is 0 Å². The molecule has 2 aromatic heterocycles. The maximum Gasteiger partial charge on any atom is 0.213 e. The van der Waals surface area contributed by atoms with Crippen molar-refractivity contribution < 1.29 is 9.47 Å². The Hall–Kier alpha value is -1.98. The van der Waals surface area contributed by atoms with E-state index in [1.807, 2.05) is 24.5 Å². The molecule has 1 saturated heterocycles. The summed E-state index contributed by atoms with van der Waals surface area (Å²) in [6.07, 6.45) is 6.46. The lowest BCUT2D eigenvalue weighted by Crippen LogP contribution is -2.22. The van der Waals surface area contributed by atoms with Gasteiger partial charge < -0.3 is 9.47 Å². The highest BCUT2D eigenvalue weighted by molar-refractivity contribution is 5.20. The molecule has 1 aliphatic heterocycles. The molecular weight excluding hydrogens is 326 g/mol. The van der Waals surface area contributed by atoms with Crippen LogP contribution in [0.4, 0.5) is 0 Å². The summed E-state index contributed by atoms with van der Waals surface area (Å²) in [4.78, 5) is 11.2. The minimum atomic E-state index is 0.489. The summed E-state index contributed by atoms with van der Waals surface area (Å²) in [6, 6.07) is 10.3. The van der Waals surface area contributed by atoms with Gasteiger partial charge >= 0.3 is 0 Å². The van der Waals surface area contributed by atoms with E-state index < -0.39 is 0 Å². The Morgan fingerprint density at radius 2 is 1.92 bits per heavy atom. The van der Waals surface area contributed by atoms with Crippen molar-refractivity contribution in [1.29, 1.82) is 0 Å². The average Bonchev–Trinajstić information content (AvgIpc) is 3.42. The van der Waals surface area contributed by atoms with Gasteiger partial charge in [0.1, 0.15) is 0 Å². The van der Waals surface area contributed by atoms with E-state index in [4.69, 9.17) is 9.47 Å². The molecule has 5 heteroatoms. The molecule has 0 aromatic carbocycles. The maximum absolute atomic E-state index is 6.05. The number of hydrogen-bond acceptors (Lipinski definition) is 5. The third-order valence-corrected chi connectivity index (χ3v) is 5.41. The second kappa shape index (κ2) is 8.14. The number of pyridine rings is 2. The van der Waals surface area contributed by atoms with E-state index in [1.54, 1.807) is 7.11 Å². The Balaban J connectivity index is 1.42. The van der Waals surface area contributed by atoms with Crippen molar-refractivity contribution in [2.24, 2.45) is 11.8 Å².